The lowest BCUT2D eigenvalue weighted by Crippen LogP contribution is -2.45. The summed E-state index contributed by atoms with van der Waals surface area (Å²) in [6.07, 6.45) is 0. The van der Waals surface area contributed by atoms with Crippen molar-refractivity contribution < 1.29 is 19.0 Å². The van der Waals surface area contributed by atoms with Gasteiger partial charge in [0, 0.05) is 25.8 Å². The lowest BCUT2D eigenvalue weighted by atomic mass is 9.95. The molecule has 2 aromatic carbocycles. The Balaban J connectivity index is 1.95. The molecule has 0 fully saturated rings. The number of carbonyl (C=O) groups is 1. The highest BCUT2D eigenvalue weighted by Crippen LogP contribution is 2.40. The lowest BCUT2D eigenvalue weighted by molar-refractivity contribution is -0.136. The molecule has 0 saturated carbocycles. The highest BCUT2D eigenvalue weighted by molar-refractivity contribution is 9.10. The Morgan fingerprint density at radius 2 is 1.94 bits per heavy atom. The number of esters is 1. The number of rotatable bonds is 6. The maximum Gasteiger partial charge on any atom is 0.337 e. The number of ether oxygens (including phenoxy) is 3. The van der Waals surface area contributed by atoms with Crippen LogP contribution in [0.4, 0.5) is 0 Å². The fourth-order valence-corrected chi connectivity index (χ4v) is 4.43. The fraction of sp³-hybridized carbons (Fsp3) is 0.238. The molecule has 2 aromatic rings. The first-order valence-electron chi connectivity index (χ1n) is 9.06. The van der Waals surface area contributed by atoms with E-state index in [0.717, 1.165) is 11.1 Å². The van der Waals surface area contributed by atoms with Crippen LogP contribution in [0.25, 0.3) is 0 Å². The van der Waals surface area contributed by atoms with Gasteiger partial charge in [0.15, 0.2) is 16.6 Å². The highest BCUT2D eigenvalue weighted by atomic mass is 79.9. The monoisotopic (exact) mass is 544 g/mol. The van der Waals surface area contributed by atoms with E-state index in [1.165, 1.54) is 14.2 Å². The number of allylic oxidation sites excluding steroid dienone is 1. The smallest absolute Gasteiger partial charge is 0.337 e. The van der Waals surface area contributed by atoms with Gasteiger partial charge in [0.2, 0.25) is 0 Å². The molecule has 0 bridgehead atoms. The maximum absolute atomic E-state index is 12.4. The molecule has 0 aromatic heterocycles. The number of halogens is 3. The predicted octanol–water partition coefficient (Wildman–Crippen LogP) is 5.31. The van der Waals surface area contributed by atoms with Crippen molar-refractivity contribution in [2.45, 2.75) is 19.6 Å². The Morgan fingerprint density at radius 3 is 2.58 bits per heavy atom. The van der Waals surface area contributed by atoms with Crippen LogP contribution in [0.5, 0.6) is 11.5 Å². The number of benzene rings is 2. The molecule has 1 heterocycles. The third-order valence-electron chi connectivity index (χ3n) is 4.67. The zero-order valence-electron chi connectivity index (χ0n) is 16.8. The minimum atomic E-state index is -0.538. The second-order valence-corrected chi connectivity index (χ2v) is 8.72. The van der Waals surface area contributed by atoms with Crippen molar-refractivity contribution >= 4 is 62.4 Å². The van der Waals surface area contributed by atoms with Crippen molar-refractivity contribution in [1.29, 1.82) is 0 Å². The van der Waals surface area contributed by atoms with E-state index in [-0.39, 0.29) is 6.61 Å². The van der Waals surface area contributed by atoms with Crippen LogP contribution in [-0.2, 0) is 16.1 Å². The topological polar surface area (TPSA) is 68.8 Å². The van der Waals surface area contributed by atoms with Gasteiger partial charge in [-0.25, -0.2) is 4.79 Å². The summed E-state index contributed by atoms with van der Waals surface area (Å²) in [6.45, 7) is 1.99. The van der Waals surface area contributed by atoms with Crippen LogP contribution < -0.4 is 20.1 Å². The fourth-order valence-electron chi connectivity index (χ4n) is 3.15. The summed E-state index contributed by atoms with van der Waals surface area (Å²) in [4.78, 5) is 12.4. The third-order valence-corrected chi connectivity index (χ3v) is 6.16. The number of hydrogen-bond donors (Lipinski definition) is 2. The molecule has 31 heavy (non-hydrogen) atoms. The van der Waals surface area contributed by atoms with Gasteiger partial charge < -0.3 is 24.8 Å². The van der Waals surface area contributed by atoms with Crippen molar-refractivity contribution in [3.63, 3.8) is 0 Å². The Hall–Kier alpha value is -2.00. The molecular formula is C21H19BrCl2N2O4S. The minimum absolute atomic E-state index is 0.222. The summed E-state index contributed by atoms with van der Waals surface area (Å²) < 4.78 is 17.1. The summed E-state index contributed by atoms with van der Waals surface area (Å²) in [5, 5.41) is 7.54. The maximum atomic E-state index is 12.4. The molecule has 2 N–H and O–H groups in total. The first-order chi connectivity index (χ1) is 14.7. The van der Waals surface area contributed by atoms with Gasteiger partial charge in [-0.1, -0.05) is 45.2 Å². The van der Waals surface area contributed by atoms with Gasteiger partial charge in [0.05, 0.1) is 25.8 Å². The molecule has 0 amide bonds. The first-order valence-corrected chi connectivity index (χ1v) is 11.0. The summed E-state index contributed by atoms with van der Waals surface area (Å²) in [5.41, 5.74) is 2.55. The highest BCUT2D eigenvalue weighted by Gasteiger charge is 2.32. The van der Waals surface area contributed by atoms with E-state index in [0.29, 0.717) is 42.4 Å². The van der Waals surface area contributed by atoms with E-state index in [2.05, 4.69) is 26.6 Å². The summed E-state index contributed by atoms with van der Waals surface area (Å²) in [6, 6.07) is 8.23. The predicted molar refractivity (Wildman–Crippen MR) is 128 cm³/mol. The van der Waals surface area contributed by atoms with Crippen molar-refractivity contribution in [2.75, 3.05) is 14.2 Å². The quantitative estimate of drug-likeness (QED) is 0.376. The first kappa shape index (κ1) is 23.7. The SMILES string of the molecule is COC(=O)C1=C(C)NC(=S)N[C@@H]1c1cc(OC)c(OCc2ccc(Cl)cc2Cl)cc1Br. The van der Waals surface area contributed by atoms with Gasteiger partial charge in [0.1, 0.15) is 6.61 Å². The molecule has 10 heteroatoms. The molecular weight excluding hydrogens is 527 g/mol. The molecule has 164 valence electrons. The molecule has 3 rings (SSSR count). The normalized spacial score (nSPS) is 15.8. The van der Waals surface area contributed by atoms with Crippen LogP contribution in [-0.4, -0.2) is 25.3 Å². The second-order valence-electron chi connectivity index (χ2n) is 6.61. The van der Waals surface area contributed by atoms with Crippen LogP contribution in [0.2, 0.25) is 10.0 Å². The van der Waals surface area contributed by atoms with Crippen LogP contribution in [0.1, 0.15) is 24.1 Å². The van der Waals surface area contributed by atoms with Gasteiger partial charge in [0.25, 0.3) is 0 Å². The Bertz CT molecular complexity index is 1080. The average molecular weight is 546 g/mol. The van der Waals surface area contributed by atoms with Gasteiger partial charge >= 0.3 is 5.97 Å². The standard InChI is InChI=1S/C21H19BrCl2N2O4S/c1-10-18(20(27)29-3)19(26-21(31)25-10)13-7-16(28-2)17(8-14(13)22)30-9-11-4-5-12(23)6-15(11)24/h4-8,19H,9H2,1-3H3,(H2,25,26,31)/t19-/m1/s1. The molecule has 1 atom stereocenters. The van der Waals surface area contributed by atoms with E-state index < -0.39 is 12.0 Å². The molecule has 1 aliphatic rings. The number of nitrogens with one attached hydrogen (secondary N) is 2. The van der Waals surface area contributed by atoms with E-state index in [9.17, 15) is 4.79 Å². The number of methoxy groups -OCH3 is 2. The molecule has 6 nitrogen and oxygen atoms in total. The zero-order valence-corrected chi connectivity index (χ0v) is 20.8. The van der Waals surface area contributed by atoms with Gasteiger partial charge in [-0.15, -0.1) is 0 Å². The van der Waals surface area contributed by atoms with Gasteiger partial charge in [-0.05, 0) is 49.0 Å². The lowest BCUT2D eigenvalue weighted by Gasteiger charge is -2.30. The van der Waals surface area contributed by atoms with Crippen molar-refractivity contribution in [1.82, 2.24) is 10.6 Å². The Kier molecular flexibility index (Phi) is 7.69. The summed E-state index contributed by atoms with van der Waals surface area (Å²) >= 11 is 21.0. The average Bonchev–Trinajstić information content (AvgIpc) is 2.72. The largest absolute Gasteiger partial charge is 0.493 e. The summed E-state index contributed by atoms with van der Waals surface area (Å²) in [5.74, 6) is 0.519. The third kappa shape index (κ3) is 5.26. The van der Waals surface area contributed by atoms with E-state index >= 15 is 0 Å². The van der Waals surface area contributed by atoms with Crippen molar-refractivity contribution in [3.8, 4) is 11.5 Å². The van der Waals surface area contributed by atoms with Crippen LogP contribution in [0.15, 0.2) is 46.1 Å². The van der Waals surface area contributed by atoms with E-state index in [1.807, 2.05) is 0 Å². The second kappa shape index (κ2) is 10.1. The molecule has 0 radical (unpaired) electrons. The van der Waals surface area contributed by atoms with E-state index in [4.69, 9.17) is 49.6 Å². The summed E-state index contributed by atoms with van der Waals surface area (Å²) in [7, 11) is 2.87. The van der Waals surface area contributed by atoms with Gasteiger partial charge in [-0.3, -0.25) is 0 Å². The molecule has 0 saturated heterocycles. The van der Waals surface area contributed by atoms with Crippen molar-refractivity contribution in [2.24, 2.45) is 0 Å². The molecule has 0 aliphatic carbocycles. The Labute approximate surface area is 204 Å². The van der Waals surface area contributed by atoms with Crippen molar-refractivity contribution in [3.05, 3.63) is 67.2 Å². The van der Waals surface area contributed by atoms with E-state index in [1.54, 1.807) is 37.3 Å². The number of thiocarbonyl (C=S) groups is 1. The molecule has 1 aliphatic heterocycles. The van der Waals surface area contributed by atoms with Crippen LogP contribution in [0, 0.1) is 0 Å². The zero-order chi connectivity index (χ0) is 22.7. The Morgan fingerprint density at radius 1 is 1.19 bits per heavy atom. The molecule has 0 unspecified atom stereocenters. The van der Waals surface area contributed by atoms with Crippen LogP contribution in [0.3, 0.4) is 0 Å². The van der Waals surface area contributed by atoms with Gasteiger partial charge in [-0.2, -0.15) is 0 Å². The van der Waals surface area contributed by atoms with Crippen LogP contribution >= 0.6 is 51.3 Å². The molecule has 0 spiro atoms. The minimum Gasteiger partial charge on any atom is -0.493 e. The number of hydrogen-bond acceptors (Lipinski definition) is 5. The number of carbonyl (C=O) groups excluding carboxylic acids is 1.